The first kappa shape index (κ1) is 24.8. The summed E-state index contributed by atoms with van der Waals surface area (Å²) in [6.07, 6.45) is 2.69. The number of aromatic nitrogens is 2. The van der Waals surface area contributed by atoms with Gasteiger partial charge in [0.1, 0.15) is 0 Å². The smallest absolute Gasteiger partial charge is 0.241 e. The van der Waals surface area contributed by atoms with Crippen molar-refractivity contribution in [3.05, 3.63) is 70.6 Å². The number of thioether (sulfide) groups is 1. The van der Waals surface area contributed by atoms with Crippen molar-refractivity contribution in [3.63, 3.8) is 0 Å². The number of halogens is 1. The van der Waals surface area contributed by atoms with Gasteiger partial charge in [-0.2, -0.15) is 16.7 Å². The van der Waals surface area contributed by atoms with Crippen LogP contribution in [-0.2, 0) is 17.1 Å². The van der Waals surface area contributed by atoms with Crippen LogP contribution in [-0.4, -0.2) is 46.3 Å². The molecule has 0 aliphatic carbocycles. The zero-order chi connectivity index (χ0) is 23.8. The molecule has 1 fully saturated rings. The van der Waals surface area contributed by atoms with E-state index in [0.29, 0.717) is 23.3 Å². The second-order valence-electron chi connectivity index (χ2n) is 8.76. The Hall–Kier alpha value is -2.35. The van der Waals surface area contributed by atoms with Crippen LogP contribution in [0.3, 0.4) is 0 Å². The second-order valence-corrected chi connectivity index (χ2v) is 10.3. The van der Waals surface area contributed by atoms with Crippen LogP contribution in [0.2, 0.25) is 5.02 Å². The molecular weight excluding hydrogens is 468 g/mol. The largest absolute Gasteiger partial charge is 0.356 e. The summed E-state index contributed by atoms with van der Waals surface area (Å²) in [6, 6.07) is 16.1. The molecular formula is C26H31ClN4O2S. The number of amides is 1. The molecule has 34 heavy (non-hydrogen) atoms. The van der Waals surface area contributed by atoms with Gasteiger partial charge in [0, 0.05) is 28.8 Å². The molecule has 1 amide bonds. The van der Waals surface area contributed by atoms with E-state index in [2.05, 4.69) is 51.5 Å². The highest BCUT2D eigenvalue weighted by molar-refractivity contribution is 7.98. The van der Waals surface area contributed by atoms with Crippen LogP contribution in [0, 0.1) is 12.8 Å². The summed E-state index contributed by atoms with van der Waals surface area (Å²) in [5.74, 6) is 3.47. The monoisotopic (exact) mass is 498 g/mol. The second kappa shape index (κ2) is 12.4. The van der Waals surface area contributed by atoms with Crippen LogP contribution in [0.4, 0.5) is 0 Å². The van der Waals surface area contributed by atoms with Crippen molar-refractivity contribution in [2.45, 2.75) is 38.5 Å². The fourth-order valence-electron chi connectivity index (χ4n) is 4.13. The molecule has 1 aliphatic rings. The zero-order valence-corrected chi connectivity index (χ0v) is 21.1. The molecule has 0 atom stereocenters. The minimum absolute atomic E-state index is 0.0842. The van der Waals surface area contributed by atoms with Crippen molar-refractivity contribution in [3.8, 4) is 11.4 Å². The van der Waals surface area contributed by atoms with Crippen LogP contribution < -0.4 is 5.32 Å². The predicted octanol–water partition coefficient (Wildman–Crippen LogP) is 5.35. The van der Waals surface area contributed by atoms with Crippen LogP contribution in [0.5, 0.6) is 0 Å². The normalized spacial score (nSPS) is 14.9. The molecule has 0 saturated carbocycles. The van der Waals surface area contributed by atoms with E-state index in [1.807, 2.05) is 36.0 Å². The number of nitrogens with one attached hydrogen (secondary N) is 1. The molecule has 0 unspecified atom stereocenters. The minimum Gasteiger partial charge on any atom is -0.356 e. The minimum atomic E-state index is 0.0842. The third-order valence-corrected chi connectivity index (χ3v) is 7.33. The maximum absolute atomic E-state index is 12.6. The third-order valence-electron chi connectivity index (χ3n) is 5.98. The highest BCUT2D eigenvalue weighted by Crippen LogP contribution is 2.22. The summed E-state index contributed by atoms with van der Waals surface area (Å²) in [5, 5.41) is 7.85. The molecule has 1 N–H and O–H groups in total. The number of aryl methyl sites for hydroxylation is 1. The lowest BCUT2D eigenvalue weighted by Gasteiger charge is -2.30. The summed E-state index contributed by atoms with van der Waals surface area (Å²) in [6.45, 7) is 5.16. The van der Waals surface area contributed by atoms with Gasteiger partial charge in [0.15, 0.2) is 0 Å². The molecule has 0 bridgehead atoms. The van der Waals surface area contributed by atoms with Gasteiger partial charge in [0.2, 0.25) is 17.6 Å². The van der Waals surface area contributed by atoms with Crippen LogP contribution in [0.1, 0.15) is 36.3 Å². The fourth-order valence-corrected chi connectivity index (χ4v) is 5.23. The highest BCUT2D eigenvalue weighted by Gasteiger charge is 2.25. The maximum Gasteiger partial charge on any atom is 0.241 e. The standard InChI is InChI=1S/C26H31ClN4O2S/c1-19-5-2-6-20(15-19)18-34-14-4-11-28-26(32)21-9-12-31(13-10-21)17-24-29-25(30-33-24)22-7-3-8-23(27)16-22/h2-3,5-8,15-16,21H,4,9-14,17-18H2,1H3,(H,28,32). The average molecular weight is 499 g/mol. The van der Waals surface area contributed by atoms with Crippen molar-refractivity contribution < 1.29 is 9.32 Å². The first-order valence-corrected chi connectivity index (χ1v) is 13.3. The van der Waals surface area contributed by atoms with E-state index in [1.54, 1.807) is 0 Å². The first-order chi connectivity index (χ1) is 16.6. The van der Waals surface area contributed by atoms with Gasteiger partial charge in [-0.25, -0.2) is 0 Å². The fraction of sp³-hybridized carbons (Fsp3) is 0.423. The molecule has 1 aromatic heterocycles. The molecule has 1 aliphatic heterocycles. The Morgan fingerprint density at radius 3 is 2.82 bits per heavy atom. The Balaban J connectivity index is 1.11. The molecule has 2 aromatic carbocycles. The van der Waals surface area contributed by atoms with Gasteiger partial charge in [-0.15, -0.1) is 0 Å². The summed E-state index contributed by atoms with van der Waals surface area (Å²) in [5.41, 5.74) is 3.50. The molecule has 2 heterocycles. The number of benzene rings is 2. The number of piperidine rings is 1. The molecule has 0 radical (unpaired) electrons. The topological polar surface area (TPSA) is 71.3 Å². The van der Waals surface area contributed by atoms with Crippen LogP contribution in [0.25, 0.3) is 11.4 Å². The zero-order valence-electron chi connectivity index (χ0n) is 19.5. The lowest BCUT2D eigenvalue weighted by atomic mass is 9.96. The van der Waals surface area contributed by atoms with Crippen molar-refractivity contribution in [2.24, 2.45) is 5.92 Å². The lowest BCUT2D eigenvalue weighted by Crippen LogP contribution is -2.40. The van der Waals surface area contributed by atoms with Gasteiger partial charge in [0.05, 0.1) is 6.54 Å². The molecule has 4 rings (SSSR count). The summed E-state index contributed by atoms with van der Waals surface area (Å²) < 4.78 is 5.43. The van der Waals surface area contributed by atoms with Crippen molar-refractivity contribution >= 4 is 29.3 Å². The summed E-state index contributed by atoms with van der Waals surface area (Å²) in [4.78, 5) is 19.3. The molecule has 8 heteroatoms. The molecule has 180 valence electrons. The number of likely N-dealkylation sites (tertiary alicyclic amines) is 1. The number of hydrogen-bond donors (Lipinski definition) is 1. The Kier molecular flexibility index (Phi) is 9.02. The lowest BCUT2D eigenvalue weighted by molar-refractivity contribution is -0.126. The highest BCUT2D eigenvalue weighted by atomic mass is 35.5. The van der Waals surface area contributed by atoms with Gasteiger partial charge in [0.25, 0.3) is 0 Å². The van der Waals surface area contributed by atoms with Gasteiger partial charge >= 0.3 is 0 Å². The van der Waals surface area contributed by atoms with Crippen molar-refractivity contribution in [1.82, 2.24) is 20.4 Å². The quantitative estimate of drug-likeness (QED) is 0.380. The summed E-state index contributed by atoms with van der Waals surface area (Å²) in [7, 11) is 0. The predicted molar refractivity (Wildman–Crippen MR) is 138 cm³/mol. The molecule has 1 saturated heterocycles. The van der Waals surface area contributed by atoms with E-state index in [0.717, 1.165) is 56.0 Å². The van der Waals surface area contributed by atoms with E-state index in [1.165, 1.54) is 11.1 Å². The van der Waals surface area contributed by atoms with Crippen LogP contribution >= 0.6 is 23.4 Å². The number of hydrogen-bond acceptors (Lipinski definition) is 6. The average Bonchev–Trinajstić information content (AvgIpc) is 3.30. The Morgan fingerprint density at radius 1 is 1.21 bits per heavy atom. The van der Waals surface area contributed by atoms with E-state index in [-0.39, 0.29) is 11.8 Å². The molecule has 6 nitrogen and oxygen atoms in total. The molecule has 0 spiro atoms. The van der Waals surface area contributed by atoms with Gasteiger partial charge in [-0.1, -0.05) is 58.7 Å². The Morgan fingerprint density at radius 2 is 2.03 bits per heavy atom. The van der Waals surface area contributed by atoms with E-state index >= 15 is 0 Å². The van der Waals surface area contributed by atoms with Crippen LogP contribution in [0.15, 0.2) is 53.1 Å². The number of carbonyl (C=O) groups excluding carboxylic acids is 1. The first-order valence-electron chi connectivity index (χ1n) is 11.8. The maximum atomic E-state index is 12.6. The number of rotatable bonds is 10. The van der Waals surface area contributed by atoms with Gasteiger partial charge in [-0.3, -0.25) is 9.69 Å². The molecule has 3 aromatic rings. The Labute approximate surface area is 210 Å². The third kappa shape index (κ3) is 7.32. The van der Waals surface area contributed by atoms with E-state index in [4.69, 9.17) is 16.1 Å². The summed E-state index contributed by atoms with van der Waals surface area (Å²) >= 11 is 7.97. The van der Waals surface area contributed by atoms with E-state index < -0.39 is 0 Å². The SMILES string of the molecule is Cc1cccc(CSCCCNC(=O)C2CCN(Cc3nc(-c4cccc(Cl)c4)no3)CC2)c1. The Bertz CT molecular complexity index is 1080. The van der Waals surface area contributed by atoms with Crippen molar-refractivity contribution in [2.75, 3.05) is 25.4 Å². The number of carbonyl (C=O) groups is 1. The van der Waals surface area contributed by atoms with E-state index in [9.17, 15) is 4.79 Å². The number of nitrogens with zero attached hydrogens (tertiary/aromatic N) is 3. The van der Waals surface area contributed by atoms with Gasteiger partial charge < -0.3 is 9.84 Å². The van der Waals surface area contributed by atoms with Crippen molar-refractivity contribution in [1.29, 1.82) is 0 Å². The van der Waals surface area contributed by atoms with Gasteiger partial charge in [-0.05, 0) is 62.7 Å².